The zero-order valence-electron chi connectivity index (χ0n) is 9.59. The van der Waals surface area contributed by atoms with E-state index < -0.39 is 0 Å². The quantitative estimate of drug-likeness (QED) is 0.737. The normalized spacial score (nSPS) is 11.2. The predicted octanol–water partition coefficient (Wildman–Crippen LogP) is 2.64. The third-order valence-electron chi connectivity index (χ3n) is 2.66. The molecule has 3 heterocycles. The molecule has 0 radical (unpaired) electrons. The standard InChI is InChI=1S/C11H10BrN5S/c1-16-3-2-8(15-16)6-17-10-9(14-11(17)18)4-7(12)5-13-10/h2-5H,6H2,1H3,(H,14,18). The molecule has 0 unspecified atom stereocenters. The Labute approximate surface area is 117 Å². The first-order valence-electron chi connectivity index (χ1n) is 5.36. The molecule has 0 saturated heterocycles. The number of pyridine rings is 1. The van der Waals surface area contributed by atoms with Gasteiger partial charge in [-0.2, -0.15) is 5.10 Å². The second kappa shape index (κ2) is 4.33. The van der Waals surface area contributed by atoms with Crippen LogP contribution in [0.15, 0.2) is 29.0 Å². The number of fused-ring (bicyclic) bond motifs is 1. The van der Waals surface area contributed by atoms with E-state index in [0.29, 0.717) is 11.3 Å². The van der Waals surface area contributed by atoms with E-state index in [1.807, 2.05) is 29.9 Å². The lowest BCUT2D eigenvalue weighted by Gasteiger charge is -2.00. The minimum atomic E-state index is 0.619. The number of aryl methyl sites for hydroxylation is 1. The van der Waals surface area contributed by atoms with E-state index in [-0.39, 0.29) is 0 Å². The average Bonchev–Trinajstić information content (AvgIpc) is 2.84. The maximum Gasteiger partial charge on any atom is 0.179 e. The molecule has 0 spiro atoms. The molecule has 0 bridgehead atoms. The summed E-state index contributed by atoms with van der Waals surface area (Å²) in [5, 5.41) is 4.35. The van der Waals surface area contributed by atoms with Crippen LogP contribution < -0.4 is 0 Å². The van der Waals surface area contributed by atoms with Crippen molar-refractivity contribution in [3.63, 3.8) is 0 Å². The van der Waals surface area contributed by atoms with Crippen molar-refractivity contribution in [3.05, 3.63) is 39.5 Å². The lowest BCUT2D eigenvalue weighted by molar-refractivity contribution is 0.708. The molecule has 0 aromatic carbocycles. The average molecular weight is 324 g/mol. The van der Waals surface area contributed by atoms with Gasteiger partial charge in [0.25, 0.3) is 0 Å². The number of nitrogens with zero attached hydrogens (tertiary/aromatic N) is 4. The van der Waals surface area contributed by atoms with Crippen LogP contribution >= 0.6 is 28.1 Å². The highest BCUT2D eigenvalue weighted by molar-refractivity contribution is 9.10. The zero-order chi connectivity index (χ0) is 12.7. The second-order valence-electron chi connectivity index (χ2n) is 4.02. The number of hydrogen-bond acceptors (Lipinski definition) is 3. The highest BCUT2D eigenvalue weighted by atomic mass is 79.9. The summed E-state index contributed by atoms with van der Waals surface area (Å²) in [5.41, 5.74) is 2.72. The third-order valence-corrected chi connectivity index (χ3v) is 3.42. The first-order valence-corrected chi connectivity index (χ1v) is 6.56. The minimum absolute atomic E-state index is 0.619. The highest BCUT2D eigenvalue weighted by Crippen LogP contribution is 2.17. The molecule has 92 valence electrons. The van der Waals surface area contributed by atoms with Crippen LogP contribution in [0, 0.1) is 4.77 Å². The summed E-state index contributed by atoms with van der Waals surface area (Å²) in [6.07, 6.45) is 3.68. The van der Waals surface area contributed by atoms with Crippen LogP contribution in [0.3, 0.4) is 0 Å². The van der Waals surface area contributed by atoms with E-state index in [2.05, 4.69) is 31.0 Å². The number of imidazole rings is 1. The van der Waals surface area contributed by atoms with Crippen LogP contribution in [-0.4, -0.2) is 24.3 Å². The summed E-state index contributed by atoms with van der Waals surface area (Å²) < 4.78 is 5.30. The first-order chi connectivity index (χ1) is 8.63. The van der Waals surface area contributed by atoms with E-state index in [4.69, 9.17) is 12.2 Å². The van der Waals surface area contributed by atoms with Gasteiger partial charge >= 0.3 is 0 Å². The monoisotopic (exact) mass is 323 g/mol. The van der Waals surface area contributed by atoms with Gasteiger partial charge in [-0.3, -0.25) is 9.25 Å². The van der Waals surface area contributed by atoms with E-state index in [9.17, 15) is 0 Å². The Morgan fingerprint density at radius 1 is 1.50 bits per heavy atom. The van der Waals surface area contributed by atoms with E-state index >= 15 is 0 Å². The van der Waals surface area contributed by atoms with Crippen LogP contribution in [0.1, 0.15) is 5.69 Å². The SMILES string of the molecule is Cn1ccc(Cn2c(=S)[nH]c3cc(Br)cnc32)n1. The fourth-order valence-electron chi connectivity index (χ4n) is 1.87. The van der Waals surface area contributed by atoms with E-state index in [0.717, 1.165) is 21.3 Å². The number of nitrogens with one attached hydrogen (secondary N) is 1. The van der Waals surface area contributed by atoms with Crippen molar-refractivity contribution in [1.29, 1.82) is 0 Å². The van der Waals surface area contributed by atoms with Crippen LogP contribution in [-0.2, 0) is 13.6 Å². The van der Waals surface area contributed by atoms with Crippen molar-refractivity contribution in [2.24, 2.45) is 7.05 Å². The molecule has 0 aliphatic heterocycles. The molecule has 0 saturated carbocycles. The predicted molar refractivity (Wildman–Crippen MR) is 74.9 cm³/mol. The first kappa shape index (κ1) is 11.6. The van der Waals surface area contributed by atoms with Gasteiger partial charge in [0.1, 0.15) is 0 Å². The molecule has 3 rings (SSSR count). The Kier molecular flexibility index (Phi) is 2.79. The maximum absolute atomic E-state index is 5.32. The Balaban J connectivity index is 2.11. The fraction of sp³-hybridized carbons (Fsp3) is 0.182. The zero-order valence-corrected chi connectivity index (χ0v) is 12.0. The van der Waals surface area contributed by atoms with Gasteiger partial charge in [-0.1, -0.05) is 0 Å². The molecule has 3 aromatic rings. The summed E-state index contributed by atoms with van der Waals surface area (Å²) >= 11 is 8.71. The minimum Gasteiger partial charge on any atom is -0.329 e. The number of aromatic nitrogens is 5. The molecule has 0 fully saturated rings. The van der Waals surface area contributed by atoms with Gasteiger partial charge in [0.2, 0.25) is 0 Å². The van der Waals surface area contributed by atoms with Gasteiger partial charge < -0.3 is 4.98 Å². The summed E-state index contributed by atoms with van der Waals surface area (Å²) in [6.45, 7) is 0.619. The molecule has 1 N–H and O–H groups in total. The van der Waals surface area contributed by atoms with Crippen molar-refractivity contribution >= 4 is 39.3 Å². The van der Waals surface area contributed by atoms with Crippen LogP contribution in [0.4, 0.5) is 0 Å². The largest absolute Gasteiger partial charge is 0.329 e. The molecule has 5 nitrogen and oxygen atoms in total. The van der Waals surface area contributed by atoms with Gasteiger partial charge in [0, 0.05) is 23.9 Å². The number of aromatic amines is 1. The fourth-order valence-corrected chi connectivity index (χ4v) is 2.47. The summed E-state index contributed by atoms with van der Waals surface area (Å²) in [4.78, 5) is 7.53. The topological polar surface area (TPSA) is 51.4 Å². The Morgan fingerprint density at radius 3 is 3.06 bits per heavy atom. The van der Waals surface area contributed by atoms with E-state index in [1.54, 1.807) is 10.9 Å². The summed E-state index contributed by atoms with van der Waals surface area (Å²) in [7, 11) is 1.90. The molecular weight excluding hydrogens is 314 g/mol. The van der Waals surface area contributed by atoms with Crippen molar-refractivity contribution in [2.75, 3.05) is 0 Å². The third kappa shape index (κ3) is 1.99. The molecule has 0 amide bonds. The Bertz CT molecular complexity index is 769. The van der Waals surface area contributed by atoms with Crippen molar-refractivity contribution in [2.45, 2.75) is 6.54 Å². The molecule has 3 aromatic heterocycles. The molecule has 0 aliphatic carbocycles. The van der Waals surface area contributed by atoms with Crippen molar-refractivity contribution < 1.29 is 0 Å². The molecule has 0 aliphatic rings. The van der Waals surface area contributed by atoms with E-state index in [1.165, 1.54) is 0 Å². The molecule has 18 heavy (non-hydrogen) atoms. The Hall–Kier alpha value is -1.47. The lowest BCUT2D eigenvalue weighted by atomic mass is 10.4. The van der Waals surface area contributed by atoms with Gasteiger partial charge in [-0.15, -0.1) is 0 Å². The van der Waals surface area contributed by atoms with Gasteiger partial charge in [0.05, 0.1) is 17.8 Å². The maximum atomic E-state index is 5.32. The molecule has 7 heteroatoms. The molecular formula is C11H10BrN5S. The lowest BCUT2D eigenvalue weighted by Crippen LogP contribution is -2.02. The van der Waals surface area contributed by atoms with Crippen molar-refractivity contribution in [1.82, 2.24) is 24.3 Å². The number of rotatable bonds is 2. The number of hydrogen-bond donors (Lipinski definition) is 1. The Morgan fingerprint density at radius 2 is 2.33 bits per heavy atom. The highest BCUT2D eigenvalue weighted by Gasteiger charge is 2.08. The summed E-state index contributed by atoms with van der Waals surface area (Å²) in [5.74, 6) is 0. The molecule has 0 atom stereocenters. The van der Waals surface area contributed by atoms with Gasteiger partial charge in [-0.25, -0.2) is 4.98 Å². The second-order valence-corrected chi connectivity index (χ2v) is 5.32. The number of halogens is 1. The van der Waals surface area contributed by atoms with Gasteiger partial charge in [-0.05, 0) is 40.3 Å². The van der Waals surface area contributed by atoms with Crippen LogP contribution in [0.5, 0.6) is 0 Å². The van der Waals surface area contributed by atoms with Crippen LogP contribution in [0.2, 0.25) is 0 Å². The van der Waals surface area contributed by atoms with Gasteiger partial charge in [0.15, 0.2) is 10.4 Å². The van der Waals surface area contributed by atoms with Crippen molar-refractivity contribution in [3.8, 4) is 0 Å². The summed E-state index contributed by atoms with van der Waals surface area (Å²) in [6, 6.07) is 3.94. The van der Waals surface area contributed by atoms with Crippen LogP contribution in [0.25, 0.3) is 11.2 Å². The number of H-pyrrole nitrogens is 1. The smallest absolute Gasteiger partial charge is 0.179 e.